The molecule has 1 amide bonds. The van der Waals surface area contributed by atoms with Crippen LogP contribution in [0.1, 0.15) is 29.0 Å². The van der Waals surface area contributed by atoms with Gasteiger partial charge in [-0.2, -0.15) is 15.0 Å². The quantitative estimate of drug-likeness (QED) is 0.468. The topological polar surface area (TPSA) is 112 Å². The van der Waals surface area contributed by atoms with Gasteiger partial charge in [0.15, 0.2) is 5.69 Å². The number of hydrogen-bond acceptors (Lipinski definition) is 8. The van der Waals surface area contributed by atoms with Gasteiger partial charge in [0.05, 0.1) is 37.6 Å². The largest absolute Gasteiger partial charge is 0.470 e. The molecule has 4 aromatic rings. The summed E-state index contributed by atoms with van der Waals surface area (Å²) in [7, 11) is 0. The van der Waals surface area contributed by atoms with E-state index in [2.05, 4.69) is 25.1 Å². The van der Waals surface area contributed by atoms with Gasteiger partial charge in [-0.15, -0.1) is 0 Å². The number of aromatic nitrogens is 6. The van der Waals surface area contributed by atoms with Crippen molar-refractivity contribution in [1.29, 1.82) is 0 Å². The molecule has 5 heterocycles. The van der Waals surface area contributed by atoms with Gasteiger partial charge >= 0.3 is 0 Å². The summed E-state index contributed by atoms with van der Waals surface area (Å²) in [6, 6.07) is 9.12. The third-order valence-electron chi connectivity index (χ3n) is 5.14. The lowest BCUT2D eigenvalue weighted by atomic mass is 10.0. The Hall–Kier alpha value is -4.08. The number of carbonyl (C=O) groups excluding carboxylic acids is 1. The highest BCUT2D eigenvalue weighted by Crippen LogP contribution is 2.25. The van der Waals surface area contributed by atoms with Crippen molar-refractivity contribution >= 4 is 5.91 Å². The summed E-state index contributed by atoms with van der Waals surface area (Å²) >= 11 is 0. The Morgan fingerprint density at radius 3 is 2.74 bits per heavy atom. The van der Waals surface area contributed by atoms with E-state index in [9.17, 15) is 4.79 Å². The molecule has 0 unspecified atom stereocenters. The van der Waals surface area contributed by atoms with Crippen LogP contribution in [0.2, 0.25) is 0 Å². The average Bonchev–Trinajstić information content (AvgIpc) is 3.50. The molecule has 0 N–H and O–H groups in total. The van der Waals surface area contributed by atoms with Gasteiger partial charge in [0.2, 0.25) is 11.8 Å². The number of nitrogens with zero attached hydrogens (tertiary/aromatic N) is 7. The molecule has 1 aliphatic heterocycles. The van der Waals surface area contributed by atoms with Gasteiger partial charge in [-0.3, -0.25) is 9.78 Å². The summed E-state index contributed by atoms with van der Waals surface area (Å²) < 4.78 is 11.3. The lowest BCUT2D eigenvalue weighted by Gasteiger charge is -2.45. The van der Waals surface area contributed by atoms with Crippen molar-refractivity contribution in [3.63, 3.8) is 0 Å². The lowest BCUT2D eigenvalue weighted by molar-refractivity contribution is -0.0241. The summed E-state index contributed by atoms with van der Waals surface area (Å²) in [6.07, 6.45) is 8.22. The van der Waals surface area contributed by atoms with Crippen LogP contribution in [-0.4, -0.2) is 59.4 Å². The maximum atomic E-state index is 12.8. The van der Waals surface area contributed by atoms with Crippen molar-refractivity contribution < 1.29 is 13.9 Å². The first kappa shape index (κ1) is 18.9. The van der Waals surface area contributed by atoms with E-state index in [0.29, 0.717) is 24.7 Å². The second-order valence-corrected chi connectivity index (χ2v) is 7.15. The molecule has 0 aliphatic carbocycles. The second-order valence-electron chi connectivity index (χ2n) is 7.15. The number of carbonyl (C=O) groups is 1. The fraction of sp³-hybridized carbons (Fsp3) is 0.238. The minimum atomic E-state index is -0.184. The van der Waals surface area contributed by atoms with E-state index in [4.69, 9.17) is 9.15 Å². The molecule has 4 aromatic heterocycles. The normalized spacial score (nSPS) is 17.9. The van der Waals surface area contributed by atoms with Crippen LogP contribution >= 0.6 is 0 Å². The molecular weight excluding hydrogens is 398 g/mol. The maximum Gasteiger partial charge on any atom is 0.276 e. The van der Waals surface area contributed by atoms with E-state index < -0.39 is 0 Å². The molecule has 0 radical (unpaired) electrons. The molecule has 0 spiro atoms. The van der Waals surface area contributed by atoms with Gasteiger partial charge in [0.25, 0.3) is 5.91 Å². The van der Waals surface area contributed by atoms with Crippen LogP contribution in [0.5, 0.6) is 5.88 Å². The highest BCUT2D eigenvalue weighted by molar-refractivity contribution is 5.93. The van der Waals surface area contributed by atoms with Crippen LogP contribution in [0.3, 0.4) is 0 Å². The third kappa shape index (κ3) is 3.87. The molecule has 156 valence electrons. The van der Waals surface area contributed by atoms with Gasteiger partial charge in [0, 0.05) is 18.0 Å². The molecule has 0 bridgehead atoms. The van der Waals surface area contributed by atoms with Crippen LogP contribution in [0.4, 0.5) is 0 Å². The summed E-state index contributed by atoms with van der Waals surface area (Å²) in [6.45, 7) is 2.42. The smallest absolute Gasteiger partial charge is 0.276 e. The molecule has 0 aromatic carbocycles. The number of ether oxygens (including phenoxy) is 1. The average molecular weight is 417 g/mol. The summed E-state index contributed by atoms with van der Waals surface area (Å²) in [5.41, 5.74) is 1.79. The van der Waals surface area contributed by atoms with E-state index in [1.807, 2.05) is 31.2 Å². The van der Waals surface area contributed by atoms with Crippen LogP contribution in [0, 0.1) is 0 Å². The predicted octanol–water partition coefficient (Wildman–Crippen LogP) is 1.93. The first-order valence-corrected chi connectivity index (χ1v) is 9.82. The van der Waals surface area contributed by atoms with E-state index in [1.54, 1.807) is 35.8 Å². The summed E-state index contributed by atoms with van der Waals surface area (Å²) in [4.78, 5) is 28.9. The Balaban J connectivity index is 1.19. The van der Waals surface area contributed by atoms with Crippen molar-refractivity contribution in [3.8, 4) is 11.6 Å². The van der Waals surface area contributed by atoms with Gasteiger partial charge in [0.1, 0.15) is 18.1 Å². The van der Waals surface area contributed by atoms with Crippen molar-refractivity contribution in [3.05, 3.63) is 78.7 Å². The van der Waals surface area contributed by atoms with Crippen molar-refractivity contribution in [2.75, 3.05) is 6.54 Å². The number of likely N-dealkylation sites (tertiary alicyclic amines) is 1. The standard InChI is InChI=1S/C21H19N7O3/c1-14-18(31-19-4-2-3-7-22-19)12-27(14)21(29)17-13-30-20(26-17)10-15-5-6-16(11-23-15)28-24-8-9-25-28/h2-9,11,13-14,18H,10,12H2,1H3/t14-,18-/m0/s1. The second kappa shape index (κ2) is 7.98. The number of oxazole rings is 1. The van der Waals surface area contributed by atoms with Crippen molar-refractivity contribution in [1.82, 2.24) is 34.8 Å². The van der Waals surface area contributed by atoms with Gasteiger partial charge in [-0.25, -0.2) is 9.97 Å². The van der Waals surface area contributed by atoms with E-state index in [0.717, 1.165) is 11.4 Å². The molecule has 1 aliphatic rings. The minimum Gasteiger partial charge on any atom is -0.470 e. The first-order valence-electron chi connectivity index (χ1n) is 9.82. The molecule has 10 nitrogen and oxygen atoms in total. The Morgan fingerprint density at radius 1 is 1.16 bits per heavy atom. The van der Waals surface area contributed by atoms with E-state index >= 15 is 0 Å². The predicted molar refractivity (Wildman–Crippen MR) is 108 cm³/mol. The Morgan fingerprint density at radius 2 is 2.03 bits per heavy atom. The molecule has 1 saturated heterocycles. The van der Waals surface area contributed by atoms with Crippen molar-refractivity contribution in [2.24, 2.45) is 0 Å². The number of rotatable bonds is 6. The number of pyridine rings is 2. The molecule has 1 fully saturated rings. The summed E-state index contributed by atoms with van der Waals surface area (Å²) in [5.74, 6) is 0.795. The Bertz CT molecular complexity index is 1160. The van der Waals surface area contributed by atoms with Gasteiger partial charge in [-0.05, 0) is 25.1 Å². The highest BCUT2D eigenvalue weighted by atomic mass is 16.5. The fourth-order valence-corrected chi connectivity index (χ4v) is 3.33. The highest BCUT2D eigenvalue weighted by Gasteiger charge is 2.41. The first-order chi connectivity index (χ1) is 15.2. The molecule has 31 heavy (non-hydrogen) atoms. The molecule has 0 saturated carbocycles. The van der Waals surface area contributed by atoms with Crippen LogP contribution in [-0.2, 0) is 6.42 Å². The monoisotopic (exact) mass is 417 g/mol. The molecule has 10 heteroatoms. The SMILES string of the molecule is C[C@H]1[C@@H](Oc2ccccn2)CN1C(=O)c1coc(Cc2ccc(-n3nccn3)cn2)n1. The third-order valence-corrected chi connectivity index (χ3v) is 5.14. The van der Waals surface area contributed by atoms with Gasteiger partial charge < -0.3 is 14.1 Å². The number of hydrogen-bond donors (Lipinski definition) is 0. The van der Waals surface area contributed by atoms with Gasteiger partial charge in [-0.1, -0.05) is 6.07 Å². The van der Waals surface area contributed by atoms with Crippen molar-refractivity contribution in [2.45, 2.75) is 25.5 Å². The van der Waals surface area contributed by atoms with Crippen LogP contribution in [0.25, 0.3) is 5.69 Å². The zero-order valence-electron chi connectivity index (χ0n) is 16.7. The Kier molecular flexibility index (Phi) is 4.87. The molecule has 5 rings (SSSR count). The number of amides is 1. The van der Waals surface area contributed by atoms with E-state index in [-0.39, 0.29) is 23.7 Å². The Labute approximate surface area is 177 Å². The molecule has 2 atom stereocenters. The minimum absolute atomic E-state index is 0.0835. The van der Waals surface area contributed by atoms with Crippen LogP contribution < -0.4 is 4.74 Å². The summed E-state index contributed by atoms with van der Waals surface area (Å²) in [5, 5.41) is 8.14. The maximum absolute atomic E-state index is 12.8. The van der Waals surface area contributed by atoms with Crippen LogP contribution in [0.15, 0.2) is 65.8 Å². The molecular formula is C21H19N7O3. The zero-order chi connectivity index (χ0) is 21.2. The fourth-order valence-electron chi connectivity index (χ4n) is 3.33. The lowest BCUT2D eigenvalue weighted by Crippen LogP contribution is -2.63. The van der Waals surface area contributed by atoms with E-state index in [1.165, 1.54) is 11.1 Å². The zero-order valence-corrected chi connectivity index (χ0v) is 16.7.